The van der Waals surface area contributed by atoms with Crippen LogP contribution in [0.4, 0.5) is 10.7 Å². The Morgan fingerprint density at radius 3 is 2.58 bits per heavy atom. The van der Waals surface area contributed by atoms with Crippen molar-refractivity contribution in [3.05, 3.63) is 79.4 Å². The Morgan fingerprint density at radius 1 is 1.19 bits per heavy atom. The van der Waals surface area contributed by atoms with Gasteiger partial charge < -0.3 is 4.42 Å². The van der Waals surface area contributed by atoms with E-state index in [2.05, 4.69) is 15.9 Å². The summed E-state index contributed by atoms with van der Waals surface area (Å²) < 4.78 is 5.89. The molecule has 0 N–H and O–H groups in total. The number of halogens is 1. The minimum atomic E-state index is -0.634. The van der Waals surface area contributed by atoms with Crippen LogP contribution in [-0.4, -0.2) is 21.0 Å². The summed E-state index contributed by atoms with van der Waals surface area (Å²) in [6.45, 7) is 0.198. The number of nitrogens with zero attached hydrogens (tertiary/aromatic N) is 2. The molecule has 0 radical (unpaired) electrons. The number of nitro groups is 1. The molecule has 0 atom stereocenters. The second-order valence-electron chi connectivity index (χ2n) is 5.21. The van der Waals surface area contributed by atoms with Crippen LogP contribution in [0.1, 0.15) is 11.3 Å². The first-order valence-electron chi connectivity index (χ1n) is 7.35. The summed E-state index contributed by atoms with van der Waals surface area (Å²) in [5.74, 6) is -0.459. The molecule has 1 aliphatic rings. The van der Waals surface area contributed by atoms with Crippen molar-refractivity contribution in [2.75, 3.05) is 0 Å². The number of hydrogen-bond donors (Lipinski definition) is 0. The predicted molar refractivity (Wildman–Crippen MR) is 100 cm³/mol. The van der Waals surface area contributed by atoms with Gasteiger partial charge in [0.25, 0.3) is 11.1 Å². The SMILES string of the molecule is O=C1S/C(=C\C=C\c2ccc([N+](=O)[O-])o2)C(=O)N1Cc1ccc(Br)cc1. The molecule has 3 rings (SSSR count). The summed E-state index contributed by atoms with van der Waals surface area (Å²) in [5.41, 5.74) is 0.843. The molecule has 1 aliphatic heterocycles. The Kier molecular flexibility index (Phi) is 5.38. The summed E-state index contributed by atoms with van der Waals surface area (Å²) in [6.07, 6.45) is 4.48. The maximum atomic E-state index is 12.4. The molecule has 0 aliphatic carbocycles. The first-order valence-corrected chi connectivity index (χ1v) is 8.96. The number of hydrogen-bond acceptors (Lipinski definition) is 6. The molecule has 1 fully saturated rings. The topological polar surface area (TPSA) is 93.7 Å². The van der Waals surface area contributed by atoms with Crippen molar-refractivity contribution >= 4 is 50.8 Å². The Labute approximate surface area is 160 Å². The molecular formula is C17H11BrN2O5S. The van der Waals surface area contributed by atoms with Crippen molar-refractivity contribution in [3.8, 4) is 0 Å². The lowest BCUT2D eigenvalue weighted by molar-refractivity contribution is -0.402. The van der Waals surface area contributed by atoms with Gasteiger partial charge in [-0.05, 0) is 47.7 Å². The number of amides is 2. The lowest BCUT2D eigenvalue weighted by atomic mass is 10.2. The minimum Gasteiger partial charge on any atom is -0.401 e. The zero-order chi connectivity index (χ0) is 18.7. The summed E-state index contributed by atoms with van der Waals surface area (Å²) in [4.78, 5) is 35.8. The third-order valence-corrected chi connectivity index (χ3v) is 4.88. The minimum absolute atomic E-state index is 0.198. The van der Waals surface area contributed by atoms with E-state index in [4.69, 9.17) is 4.42 Å². The Bertz CT molecular complexity index is 933. The maximum Gasteiger partial charge on any atom is 0.433 e. The van der Waals surface area contributed by atoms with E-state index >= 15 is 0 Å². The molecule has 0 spiro atoms. The van der Waals surface area contributed by atoms with Crippen molar-refractivity contribution in [3.63, 3.8) is 0 Å². The van der Waals surface area contributed by atoms with Crippen LogP contribution in [-0.2, 0) is 11.3 Å². The predicted octanol–water partition coefficient (Wildman–Crippen LogP) is 4.74. The molecule has 1 saturated heterocycles. The summed E-state index contributed by atoms with van der Waals surface area (Å²) in [5, 5.41) is 10.2. The second kappa shape index (κ2) is 7.71. The molecule has 0 saturated carbocycles. The fourth-order valence-corrected chi connectivity index (χ4v) is 3.24. The highest BCUT2D eigenvalue weighted by atomic mass is 79.9. The van der Waals surface area contributed by atoms with E-state index in [0.717, 1.165) is 21.8 Å². The number of allylic oxidation sites excluding steroid dienone is 2. The molecule has 2 heterocycles. The van der Waals surface area contributed by atoms with Crippen LogP contribution in [0.25, 0.3) is 6.08 Å². The van der Waals surface area contributed by atoms with Crippen LogP contribution in [0.3, 0.4) is 0 Å². The largest absolute Gasteiger partial charge is 0.433 e. The maximum absolute atomic E-state index is 12.4. The van der Waals surface area contributed by atoms with E-state index in [1.807, 2.05) is 24.3 Å². The van der Waals surface area contributed by atoms with Crippen molar-refractivity contribution in [2.45, 2.75) is 6.54 Å². The van der Waals surface area contributed by atoms with Crippen molar-refractivity contribution in [1.82, 2.24) is 4.90 Å². The molecule has 132 valence electrons. The van der Waals surface area contributed by atoms with Gasteiger partial charge in [-0.1, -0.05) is 34.1 Å². The van der Waals surface area contributed by atoms with Gasteiger partial charge in [-0.2, -0.15) is 0 Å². The lowest BCUT2D eigenvalue weighted by Gasteiger charge is -2.12. The van der Waals surface area contributed by atoms with Crippen molar-refractivity contribution in [2.24, 2.45) is 0 Å². The third-order valence-electron chi connectivity index (χ3n) is 3.43. The molecule has 0 bridgehead atoms. The lowest BCUT2D eigenvalue weighted by Crippen LogP contribution is -2.27. The van der Waals surface area contributed by atoms with E-state index in [1.54, 1.807) is 0 Å². The zero-order valence-corrected chi connectivity index (χ0v) is 15.5. The average Bonchev–Trinajstić information content (AvgIpc) is 3.18. The number of imide groups is 1. The Hall–Kier alpha value is -2.65. The van der Waals surface area contributed by atoms with Crippen LogP contribution in [0.15, 0.2) is 62.3 Å². The van der Waals surface area contributed by atoms with Gasteiger partial charge in [0.15, 0.2) is 0 Å². The van der Waals surface area contributed by atoms with Gasteiger partial charge in [-0.15, -0.1) is 0 Å². The smallest absolute Gasteiger partial charge is 0.401 e. The van der Waals surface area contributed by atoms with Crippen LogP contribution in [0, 0.1) is 10.1 Å². The normalized spacial score (nSPS) is 16.2. The first-order chi connectivity index (χ1) is 12.4. The number of benzene rings is 1. The van der Waals surface area contributed by atoms with Gasteiger partial charge in [0.1, 0.15) is 10.7 Å². The number of rotatable bonds is 5. The third kappa shape index (κ3) is 4.12. The van der Waals surface area contributed by atoms with Gasteiger partial charge in [-0.25, -0.2) is 0 Å². The molecule has 0 unspecified atom stereocenters. The number of thioether (sulfide) groups is 1. The molecule has 2 aromatic rings. The quantitative estimate of drug-likeness (QED) is 0.383. The molecule has 26 heavy (non-hydrogen) atoms. The van der Waals surface area contributed by atoms with E-state index < -0.39 is 4.92 Å². The molecule has 1 aromatic carbocycles. The van der Waals surface area contributed by atoms with E-state index in [9.17, 15) is 19.7 Å². The van der Waals surface area contributed by atoms with Crippen LogP contribution < -0.4 is 0 Å². The van der Waals surface area contributed by atoms with Gasteiger partial charge in [-0.3, -0.25) is 24.6 Å². The van der Waals surface area contributed by atoms with Gasteiger partial charge >= 0.3 is 5.88 Å². The van der Waals surface area contributed by atoms with Gasteiger partial charge in [0.2, 0.25) is 0 Å². The van der Waals surface area contributed by atoms with Crippen LogP contribution >= 0.6 is 27.7 Å². The highest BCUT2D eigenvalue weighted by molar-refractivity contribution is 9.10. The molecule has 9 heteroatoms. The Morgan fingerprint density at radius 2 is 1.92 bits per heavy atom. The number of carbonyl (C=O) groups is 2. The second-order valence-corrected chi connectivity index (χ2v) is 7.12. The van der Waals surface area contributed by atoms with Gasteiger partial charge in [0, 0.05) is 4.47 Å². The molecular weight excluding hydrogens is 424 g/mol. The van der Waals surface area contributed by atoms with Gasteiger partial charge in [0.05, 0.1) is 17.5 Å². The van der Waals surface area contributed by atoms with E-state index in [1.165, 1.54) is 35.3 Å². The summed E-state index contributed by atoms with van der Waals surface area (Å²) in [6, 6.07) is 10.0. The standard InChI is InChI=1S/C17H11BrN2O5S/c18-12-6-4-11(5-7-12)10-19-16(21)14(26-17(19)22)3-1-2-13-8-9-15(25-13)20(23)24/h1-9H,10H2/b2-1+,14-3-. The molecule has 2 amide bonds. The fraction of sp³-hybridized carbons (Fsp3) is 0.0588. The van der Waals surface area contributed by atoms with Crippen LogP contribution in [0.5, 0.6) is 0 Å². The molecule has 7 nitrogen and oxygen atoms in total. The van der Waals surface area contributed by atoms with Crippen molar-refractivity contribution < 1.29 is 18.9 Å². The summed E-state index contributed by atoms with van der Waals surface area (Å²) >= 11 is 4.18. The summed E-state index contributed by atoms with van der Waals surface area (Å²) in [7, 11) is 0. The van der Waals surface area contributed by atoms with Crippen molar-refractivity contribution in [1.29, 1.82) is 0 Å². The highest BCUT2D eigenvalue weighted by Gasteiger charge is 2.34. The Balaban J connectivity index is 1.69. The zero-order valence-electron chi connectivity index (χ0n) is 13.1. The number of carbonyl (C=O) groups excluding carboxylic acids is 2. The monoisotopic (exact) mass is 434 g/mol. The highest BCUT2D eigenvalue weighted by Crippen LogP contribution is 2.32. The number of furan rings is 1. The van der Waals surface area contributed by atoms with E-state index in [-0.39, 0.29) is 34.2 Å². The van der Waals surface area contributed by atoms with E-state index in [0.29, 0.717) is 0 Å². The fourth-order valence-electron chi connectivity index (χ4n) is 2.18. The molecule has 1 aromatic heterocycles. The van der Waals surface area contributed by atoms with Crippen LogP contribution in [0.2, 0.25) is 0 Å². The average molecular weight is 435 g/mol. The first kappa shape index (κ1) is 18.2.